The molecule has 39 heavy (non-hydrogen) atoms. The van der Waals surface area contributed by atoms with E-state index >= 15 is 0 Å². The average molecular weight is 532 g/mol. The first-order valence-corrected chi connectivity index (χ1v) is 12.7. The molecule has 0 saturated heterocycles. The molecule has 0 aliphatic heterocycles. The zero-order valence-electron chi connectivity index (χ0n) is 35.6. The highest BCUT2D eigenvalue weighted by Gasteiger charge is 2.18. The van der Waals surface area contributed by atoms with Gasteiger partial charge in [0.2, 0.25) is 0 Å². The van der Waals surface area contributed by atoms with Crippen LogP contribution in [0.25, 0.3) is 75.3 Å². The van der Waals surface area contributed by atoms with Crippen LogP contribution in [0.5, 0.6) is 0 Å². The Kier molecular flexibility index (Phi) is 2.21. The summed E-state index contributed by atoms with van der Waals surface area (Å²) in [6.07, 6.45) is 1.46. The Morgan fingerprint density at radius 1 is 0.538 bits per heavy atom. The van der Waals surface area contributed by atoms with Gasteiger partial charge in [-0.05, 0) is 48.4 Å². The normalized spacial score (nSPS) is 17.8. The number of fused-ring (bicyclic) bond motifs is 9. The van der Waals surface area contributed by atoms with E-state index in [-0.39, 0.29) is 49.4 Å². The summed E-state index contributed by atoms with van der Waals surface area (Å²) in [7, 11) is 0. The predicted molar refractivity (Wildman–Crippen MR) is 166 cm³/mol. The molecule has 0 aliphatic carbocycles. The van der Waals surface area contributed by atoms with Gasteiger partial charge in [-0.25, -0.2) is 4.98 Å². The monoisotopic (exact) mass is 531 g/mol. The van der Waals surface area contributed by atoms with Crippen molar-refractivity contribution >= 4 is 75.1 Å². The molecule has 4 aromatic heterocycles. The fourth-order valence-corrected chi connectivity index (χ4v) is 6.45. The molecule has 0 bridgehead atoms. The van der Waals surface area contributed by atoms with Crippen LogP contribution in [0, 0.1) is 0 Å². The van der Waals surface area contributed by atoms with E-state index in [1.165, 1.54) is 26.7 Å². The van der Waals surface area contributed by atoms with Gasteiger partial charge in [-0.15, -0.1) is 11.3 Å². The van der Waals surface area contributed by atoms with E-state index in [1.54, 1.807) is 24.3 Å². The van der Waals surface area contributed by atoms with Crippen LogP contribution in [0.1, 0.15) is 21.9 Å². The maximum Gasteiger partial charge on any atom is 0.155 e. The smallest absolute Gasteiger partial charge is 0.155 e. The lowest BCUT2D eigenvalue weighted by Gasteiger charge is -2.09. The van der Waals surface area contributed by atoms with Gasteiger partial charge in [0, 0.05) is 48.9 Å². The van der Waals surface area contributed by atoms with Gasteiger partial charge >= 0.3 is 0 Å². The molecule has 0 unspecified atom stereocenters. The minimum absolute atomic E-state index is 0.0391. The van der Waals surface area contributed by atoms with Crippen molar-refractivity contribution in [2.75, 3.05) is 0 Å². The van der Waals surface area contributed by atoms with Gasteiger partial charge in [0.05, 0.1) is 48.7 Å². The van der Waals surface area contributed by atoms with Gasteiger partial charge in [0.15, 0.2) is 5.82 Å². The Morgan fingerprint density at radius 2 is 1.05 bits per heavy atom. The van der Waals surface area contributed by atoms with Crippen molar-refractivity contribution in [3.05, 3.63) is 127 Å². The van der Waals surface area contributed by atoms with E-state index in [4.69, 9.17) is 21.9 Å². The van der Waals surface area contributed by atoms with Crippen molar-refractivity contribution in [1.29, 1.82) is 0 Å². The molecule has 3 nitrogen and oxygen atoms in total. The van der Waals surface area contributed by atoms with Crippen molar-refractivity contribution in [2.24, 2.45) is 0 Å². The standard InChI is InChI=1S/C35H21N3S/c1-5-13-29-23(9-1)24-10-2-6-14-30(24)37(29)22-17-18-33-28(21-22)27-19-20-36-35(34(27)39-33)38-31-15-7-3-11-25(31)26-12-4-8-16-32(26)38/h1-21H/i1D,2D,3D,4D,5D,6D,7D,8D,9D,10D,11D,12D,13D,14D,15D,16D. The van der Waals surface area contributed by atoms with E-state index in [1.807, 2.05) is 0 Å². The number of hydrogen-bond acceptors (Lipinski definition) is 2. The van der Waals surface area contributed by atoms with Gasteiger partial charge in [-0.2, -0.15) is 0 Å². The van der Waals surface area contributed by atoms with Crippen LogP contribution >= 0.6 is 11.3 Å². The molecule has 9 aromatic rings. The fourth-order valence-electron chi connectivity index (χ4n) is 5.29. The van der Waals surface area contributed by atoms with Crippen LogP contribution in [-0.4, -0.2) is 14.1 Å². The Labute approximate surface area is 250 Å². The topological polar surface area (TPSA) is 22.8 Å². The van der Waals surface area contributed by atoms with Gasteiger partial charge in [-0.3, -0.25) is 4.57 Å². The highest BCUT2D eigenvalue weighted by molar-refractivity contribution is 7.26. The minimum Gasteiger partial charge on any atom is -0.309 e. The summed E-state index contributed by atoms with van der Waals surface area (Å²) in [6.45, 7) is 0. The number of rotatable bonds is 2. The van der Waals surface area contributed by atoms with Gasteiger partial charge in [-0.1, -0.05) is 72.5 Å². The van der Waals surface area contributed by atoms with E-state index in [0.29, 0.717) is 25.9 Å². The van der Waals surface area contributed by atoms with Crippen molar-refractivity contribution in [3.8, 4) is 11.5 Å². The lowest BCUT2D eigenvalue weighted by molar-refractivity contribution is 1.11. The molecule has 5 aromatic carbocycles. The zero-order chi connectivity index (χ0) is 39.4. The summed E-state index contributed by atoms with van der Waals surface area (Å²) in [5, 5.41) is 0.882. The predicted octanol–water partition coefficient (Wildman–Crippen LogP) is 9.64. The third-order valence-corrected chi connectivity index (χ3v) is 8.07. The van der Waals surface area contributed by atoms with Gasteiger partial charge < -0.3 is 4.57 Å². The summed E-state index contributed by atoms with van der Waals surface area (Å²) < 4.78 is 142. The molecular weight excluding hydrogens is 494 g/mol. The maximum atomic E-state index is 8.91. The number of benzene rings is 5. The first kappa shape index (κ1) is 11.0. The van der Waals surface area contributed by atoms with Crippen LogP contribution < -0.4 is 0 Å². The molecule has 182 valence electrons. The molecule has 0 amide bonds. The summed E-state index contributed by atoms with van der Waals surface area (Å²) in [4.78, 5) is 4.62. The number of pyridine rings is 1. The first-order valence-electron chi connectivity index (χ1n) is 19.8. The van der Waals surface area contributed by atoms with E-state index < -0.39 is 96.7 Å². The molecule has 4 heterocycles. The molecule has 0 N–H and O–H groups in total. The van der Waals surface area contributed by atoms with Crippen LogP contribution in [0.3, 0.4) is 0 Å². The molecule has 0 aliphatic rings. The van der Waals surface area contributed by atoms with Crippen LogP contribution in [-0.2, 0) is 0 Å². The number of para-hydroxylation sites is 4. The fraction of sp³-hybridized carbons (Fsp3) is 0. The zero-order valence-corrected chi connectivity index (χ0v) is 20.5. The lowest BCUT2D eigenvalue weighted by Crippen LogP contribution is -1.97. The summed E-state index contributed by atoms with van der Waals surface area (Å²) in [6, 6.07) is -1.32. The molecule has 0 spiro atoms. The Morgan fingerprint density at radius 3 is 1.62 bits per heavy atom. The average Bonchev–Trinajstić information content (AvgIpc) is 3.86. The molecular formula is C35H21N3S. The maximum absolute atomic E-state index is 8.91. The quantitative estimate of drug-likeness (QED) is 0.218. The lowest BCUT2D eigenvalue weighted by atomic mass is 10.1. The SMILES string of the molecule is [2H]c1c([2H])c([2H])c2c(c1[2H])c1c([2H])c([2H])c([2H])c([2H])c1n2-c1ccc2sc3c(-n4c5c([2H])c([2H])c([2H])c([2H])c5c5c([2H])c([2H])c([2H])c([2H])c54)nccc3c2c1. The summed E-state index contributed by atoms with van der Waals surface area (Å²) in [5.74, 6) is 0.135. The molecule has 0 atom stereocenters. The van der Waals surface area contributed by atoms with Gasteiger partial charge in [0.1, 0.15) is 0 Å². The molecule has 0 radical (unpaired) electrons. The second-order valence-electron chi connectivity index (χ2n) is 8.86. The van der Waals surface area contributed by atoms with Crippen molar-refractivity contribution in [1.82, 2.24) is 14.1 Å². The first-order chi connectivity index (χ1) is 26.0. The van der Waals surface area contributed by atoms with Crippen LogP contribution in [0.4, 0.5) is 0 Å². The number of nitrogens with zero attached hydrogens (tertiary/aromatic N) is 3. The molecule has 9 rings (SSSR count). The van der Waals surface area contributed by atoms with E-state index in [2.05, 4.69) is 4.98 Å². The van der Waals surface area contributed by atoms with E-state index in [0.717, 1.165) is 0 Å². The van der Waals surface area contributed by atoms with Gasteiger partial charge in [0.25, 0.3) is 0 Å². The summed E-state index contributed by atoms with van der Waals surface area (Å²) in [5.41, 5.74) is 0.0747. The number of thiophene rings is 1. The van der Waals surface area contributed by atoms with Crippen molar-refractivity contribution in [3.63, 3.8) is 0 Å². The number of aromatic nitrogens is 3. The summed E-state index contributed by atoms with van der Waals surface area (Å²) >= 11 is 1.25. The third kappa shape index (κ3) is 2.84. The largest absolute Gasteiger partial charge is 0.309 e. The number of hydrogen-bond donors (Lipinski definition) is 0. The molecule has 0 fully saturated rings. The Hall–Kier alpha value is -4.93. The van der Waals surface area contributed by atoms with Crippen LogP contribution in [0.2, 0.25) is 0 Å². The highest BCUT2D eigenvalue weighted by Crippen LogP contribution is 2.41. The molecule has 0 saturated carbocycles. The minimum atomic E-state index is -0.565. The molecule has 4 heteroatoms. The Balaban J connectivity index is 1.42. The van der Waals surface area contributed by atoms with Crippen molar-refractivity contribution < 1.29 is 21.9 Å². The Bertz CT molecular complexity index is 3140. The second-order valence-corrected chi connectivity index (χ2v) is 9.91. The third-order valence-electron chi connectivity index (χ3n) is 6.89. The van der Waals surface area contributed by atoms with E-state index in [9.17, 15) is 0 Å². The van der Waals surface area contributed by atoms with Crippen LogP contribution in [0.15, 0.2) is 127 Å². The second kappa shape index (κ2) is 7.79. The van der Waals surface area contributed by atoms with Crippen molar-refractivity contribution in [2.45, 2.75) is 0 Å². The highest BCUT2D eigenvalue weighted by atomic mass is 32.1.